The van der Waals surface area contributed by atoms with Gasteiger partial charge >= 0.3 is 11.3 Å². The van der Waals surface area contributed by atoms with Crippen molar-refractivity contribution in [2.45, 2.75) is 27.2 Å². The number of benzene rings is 2. The Morgan fingerprint density at radius 2 is 1.73 bits per heavy atom. The first kappa shape index (κ1) is 14.6. The van der Waals surface area contributed by atoms with Crippen LogP contribution in [0.4, 0.5) is 0 Å². The predicted molar refractivity (Wildman–Crippen MR) is 91.3 cm³/mol. The van der Waals surface area contributed by atoms with E-state index in [-0.39, 0.29) is 0 Å². The summed E-state index contributed by atoms with van der Waals surface area (Å²) in [6, 6.07) is 16.6. The fourth-order valence-electron chi connectivity index (χ4n) is 2.56. The van der Waals surface area contributed by atoms with Gasteiger partial charge < -0.3 is 4.74 Å². The second-order valence-electron chi connectivity index (χ2n) is 5.46. The van der Waals surface area contributed by atoms with Crippen LogP contribution in [0.2, 0.25) is 0 Å². The van der Waals surface area contributed by atoms with Gasteiger partial charge in [-0.05, 0) is 50.1 Å². The third-order valence-corrected chi connectivity index (χ3v) is 3.84. The van der Waals surface area contributed by atoms with Gasteiger partial charge in [0.2, 0.25) is 0 Å². The van der Waals surface area contributed by atoms with Gasteiger partial charge in [-0.1, -0.05) is 24.6 Å². The van der Waals surface area contributed by atoms with Crippen molar-refractivity contribution in [2.75, 3.05) is 6.61 Å². The summed E-state index contributed by atoms with van der Waals surface area (Å²) in [5, 5.41) is 1.04. The van der Waals surface area contributed by atoms with Crippen LogP contribution < -0.4 is 4.74 Å². The molecule has 0 spiro atoms. The van der Waals surface area contributed by atoms with Gasteiger partial charge in [0.05, 0.1) is 18.2 Å². The SMILES string of the molecule is CCOc1cc(-c2ccc(C)cc2)[o+]c2ccc(CC)cc12. The Bertz CT molecular complexity index is 789. The Morgan fingerprint density at radius 3 is 2.41 bits per heavy atom. The van der Waals surface area contributed by atoms with Gasteiger partial charge in [-0.15, -0.1) is 0 Å². The van der Waals surface area contributed by atoms with Crippen LogP contribution in [0.1, 0.15) is 25.0 Å². The second-order valence-corrected chi connectivity index (χ2v) is 5.46. The van der Waals surface area contributed by atoms with Gasteiger partial charge in [-0.25, -0.2) is 4.42 Å². The minimum atomic E-state index is 0.642. The smallest absolute Gasteiger partial charge is 0.364 e. The van der Waals surface area contributed by atoms with Crippen molar-refractivity contribution < 1.29 is 9.15 Å². The lowest BCUT2D eigenvalue weighted by Gasteiger charge is -2.05. The van der Waals surface area contributed by atoms with Gasteiger partial charge in [0.25, 0.3) is 0 Å². The molecule has 0 aliphatic heterocycles. The molecule has 0 amide bonds. The van der Waals surface area contributed by atoms with Crippen LogP contribution in [0.3, 0.4) is 0 Å². The maximum absolute atomic E-state index is 6.09. The van der Waals surface area contributed by atoms with Crippen molar-refractivity contribution in [2.24, 2.45) is 0 Å². The topological polar surface area (TPSA) is 20.5 Å². The molecule has 2 heteroatoms. The van der Waals surface area contributed by atoms with Gasteiger partial charge in [-0.3, -0.25) is 0 Å². The van der Waals surface area contributed by atoms with Crippen molar-refractivity contribution >= 4 is 11.0 Å². The third-order valence-electron chi connectivity index (χ3n) is 3.84. The number of hydrogen-bond acceptors (Lipinski definition) is 1. The molecule has 112 valence electrons. The third kappa shape index (κ3) is 2.82. The van der Waals surface area contributed by atoms with E-state index in [1.54, 1.807) is 0 Å². The second kappa shape index (κ2) is 6.18. The van der Waals surface area contributed by atoms with Crippen molar-refractivity contribution in [3.05, 3.63) is 59.7 Å². The van der Waals surface area contributed by atoms with E-state index in [0.29, 0.717) is 6.61 Å². The molecule has 1 aromatic heterocycles. The van der Waals surface area contributed by atoms with E-state index >= 15 is 0 Å². The number of aryl methyl sites for hydroxylation is 2. The summed E-state index contributed by atoms with van der Waals surface area (Å²) in [7, 11) is 0. The molecule has 2 aromatic carbocycles. The normalized spacial score (nSPS) is 10.9. The minimum absolute atomic E-state index is 0.642. The lowest BCUT2D eigenvalue weighted by atomic mass is 10.1. The molecule has 0 saturated carbocycles. The highest BCUT2D eigenvalue weighted by molar-refractivity contribution is 5.86. The van der Waals surface area contributed by atoms with E-state index < -0.39 is 0 Å². The lowest BCUT2D eigenvalue weighted by molar-refractivity contribution is 0.342. The predicted octanol–water partition coefficient (Wildman–Crippen LogP) is 5.65. The Kier molecular flexibility index (Phi) is 4.10. The first-order valence-corrected chi connectivity index (χ1v) is 7.81. The zero-order chi connectivity index (χ0) is 15.5. The first-order chi connectivity index (χ1) is 10.7. The minimum Gasteiger partial charge on any atom is -0.493 e. The largest absolute Gasteiger partial charge is 0.493 e. The Balaban J connectivity index is 2.18. The molecule has 0 N–H and O–H groups in total. The molecular weight excluding hydrogens is 272 g/mol. The fourth-order valence-corrected chi connectivity index (χ4v) is 2.56. The molecule has 0 bridgehead atoms. The molecule has 22 heavy (non-hydrogen) atoms. The monoisotopic (exact) mass is 293 g/mol. The zero-order valence-electron chi connectivity index (χ0n) is 13.3. The number of ether oxygens (including phenoxy) is 1. The Labute approximate surface area is 131 Å². The average molecular weight is 293 g/mol. The highest BCUT2D eigenvalue weighted by Gasteiger charge is 2.20. The molecule has 0 aliphatic carbocycles. The summed E-state index contributed by atoms with van der Waals surface area (Å²) >= 11 is 0. The molecule has 3 rings (SSSR count). The summed E-state index contributed by atoms with van der Waals surface area (Å²) in [5.74, 6) is 1.72. The number of hydrogen-bond donors (Lipinski definition) is 0. The Morgan fingerprint density at radius 1 is 0.955 bits per heavy atom. The average Bonchev–Trinajstić information content (AvgIpc) is 2.55. The summed E-state index contributed by atoms with van der Waals surface area (Å²) < 4.78 is 11.9. The van der Waals surface area contributed by atoms with Crippen molar-refractivity contribution in [3.63, 3.8) is 0 Å². The summed E-state index contributed by atoms with van der Waals surface area (Å²) in [5.41, 5.74) is 4.45. The molecule has 0 saturated heterocycles. The molecule has 3 aromatic rings. The van der Waals surface area contributed by atoms with Crippen LogP contribution in [0.25, 0.3) is 22.3 Å². The molecule has 0 unspecified atom stereocenters. The van der Waals surface area contributed by atoms with Crippen LogP contribution in [0.5, 0.6) is 5.75 Å². The lowest BCUT2D eigenvalue weighted by Crippen LogP contribution is -1.94. The van der Waals surface area contributed by atoms with Gasteiger partial charge in [-0.2, -0.15) is 0 Å². The number of rotatable bonds is 4. The Hall–Kier alpha value is -2.35. The maximum atomic E-state index is 6.09. The van der Waals surface area contributed by atoms with Gasteiger partial charge in [0.15, 0.2) is 0 Å². The quantitative estimate of drug-likeness (QED) is 0.579. The van der Waals surface area contributed by atoms with Crippen molar-refractivity contribution in [1.29, 1.82) is 0 Å². The molecule has 0 aliphatic rings. The van der Waals surface area contributed by atoms with Crippen LogP contribution >= 0.6 is 0 Å². The standard InChI is InChI=1S/C20H21O2/c1-4-15-8-11-18-17(12-15)20(21-5-2)13-19(22-18)16-9-6-14(3)7-10-16/h6-13H,4-5H2,1-3H3/q+1. The molecular formula is C20H21O2+. The highest BCUT2D eigenvalue weighted by Crippen LogP contribution is 2.33. The highest BCUT2D eigenvalue weighted by atomic mass is 16.5. The molecule has 0 atom stereocenters. The van der Waals surface area contributed by atoms with E-state index in [0.717, 1.165) is 34.5 Å². The van der Waals surface area contributed by atoms with Gasteiger partial charge in [0, 0.05) is 6.07 Å². The maximum Gasteiger partial charge on any atom is 0.364 e. The van der Waals surface area contributed by atoms with E-state index in [1.807, 2.05) is 19.1 Å². The van der Waals surface area contributed by atoms with E-state index in [9.17, 15) is 0 Å². The van der Waals surface area contributed by atoms with Gasteiger partial charge in [0.1, 0.15) is 11.1 Å². The van der Waals surface area contributed by atoms with E-state index in [2.05, 4.69) is 50.2 Å². The molecule has 0 fully saturated rings. The fraction of sp³-hybridized carbons (Fsp3) is 0.250. The summed E-state index contributed by atoms with van der Waals surface area (Å²) in [4.78, 5) is 0. The summed E-state index contributed by atoms with van der Waals surface area (Å²) in [6.45, 7) is 6.88. The van der Waals surface area contributed by atoms with Crippen LogP contribution in [-0.2, 0) is 6.42 Å². The molecule has 0 radical (unpaired) electrons. The summed E-state index contributed by atoms with van der Waals surface area (Å²) in [6.07, 6.45) is 1.00. The van der Waals surface area contributed by atoms with E-state index in [4.69, 9.17) is 9.15 Å². The van der Waals surface area contributed by atoms with Crippen molar-refractivity contribution in [3.8, 4) is 17.1 Å². The molecule has 2 nitrogen and oxygen atoms in total. The first-order valence-electron chi connectivity index (χ1n) is 7.81. The molecule has 1 heterocycles. The van der Waals surface area contributed by atoms with Crippen LogP contribution in [-0.4, -0.2) is 6.61 Å². The van der Waals surface area contributed by atoms with E-state index in [1.165, 1.54) is 11.1 Å². The van der Waals surface area contributed by atoms with Crippen LogP contribution in [0, 0.1) is 6.92 Å². The van der Waals surface area contributed by atoms with Crippen LogP contribution in [0.15, 0.2) is 52.9 Å². The van der Waals surface area contributed by atoms with Crippen molar-refractivity contribution in [1.82, 2.24) is 0 Å². The zero-order valence-corrected chi connectivity index (χ0v) is 13.3. The number of fused-ring (bicyclic) bond motifs is 1.